The van der Waals surface area contributed by atoms with Crippen LogP contribution in [0.25, 0.3) is 10.8 Å². The number of rotatable bonds is 1. The number of pyridine rings is 1. The predicted molar refractivity (Wildman–Crippen MR) is 56.3 cm³/mol. The average molecular weight is 203 g/mol. The van der Waals surface area contributed by atoms with Gasteiger partial charge in [-0.3, -0.25) is 4.79 Å². The summed E-state index contributed by atoms with van der Waals surface area (Å²) in [5.74, 6) is -1.03. The molecule has 2 rings (SSSR count). The van der Waals surface area contributed by atoms with Crippen LogP contribution in [0.1, 0.15) is 15.9 Å². The highest BCUT2D eigenvalue weighted by Gasteiger charge is 2.06. The molecule has 0 fully saturated rings. The van der Waals surface area contributed by atoms with Crippen LogP contribution in [0, 0.1) is 6.92 Å². The van der Waals surface area contributed by atoms with Gasteiger partial charge < -0.3 is 10.1 Å². The summed E-state index contributed by atoms with van der Waals surface area (Å²) in [6, 6.07) is 4.55. The monoisotopic (exact) mass is 203 g/mol. The second kappa shape index (κ2) is 3.24. The van der Waals surface area contributed by atoms with Gasteiger partial charge in [-0.1, -0.05) is 6.07 Å². The number of benzene rings is 1. The maximum absolute atomic E-state index is 11.5. The number of fused-ring (bicyclic) bond motifs is 1. The van der Waals surface area contributed by atoms with Crippen LogP contribution in [0.5, 0.6) is 0 Å². The number of carboxylic acids is 1. The fourth-order valence-electron chi connectivity index (χ4n) is 1.54. The van der Waals surface area contributed by atoms with E-state index in [9.17, 15) is 9.59 Å². The van der Waals surface area contributed by atoms with Crippen molar-refractivity contribution in [3.05, 3.63) is 45.9 Å². The van der Waals surface area contributed by atoms with Gasteiger partial charge in [0.1, 0.15) is 0 Å². The van der Waals surface area contributed by atoms with Gasteiger partial charge in [0.05, 0.1) is 5.56 Å². The third-order valence-corrected chi connectivity index (χ3v) is 2.36. The maximum Gasteiger partial charge on any atom is 0.335 e. The van der Waals surface area contributed by atoms with Crippen LogP contribution >= 0.6 is 0 Å². The van der Waals surface area contributed by atoms with Crippen molar-refractivity contribution in [2.45, 2.75) is 6.92 Å². The van der Waals surface area contributed by atoms with E-state index < -0.39 is 5.97 Å². The Morgan fingerprint density at radius 3 is 2.73 bits per heavy atom. The molecule has 76 valence electrons. The van der Waals surface area contributed by atoms with E-state index in [1.807, 2.05) is 6.92 Å². The van der Waals surface area contributed by atoms with E-state index in [1.54, 1.807) is 12.3 Å². The Kier molecular flexibility index (Phi) is 2.04. The molecule has 1 aromatic heterocycles. The highest BCUT2D eigenvalue weighted by Crippen LogP contribution is 2.15. The number of H-pyrrole nitrogens is 1. The van der Waals surface area contributed by atoms with Crippen molar-refractivity contribution in [2.75, 3.05) is 0 Å². The Balaban J connectivity index is 2.87. The Labute approximate surface area is 85.2 Å². The van der Waals surface area contributed by atoms with Gasteiger partial charge in [0, 0.05) is 11.6 Å². The van der Waals surface area contributed by atoms with Crippen LogP contribution in [0.15, 0.2) is 29.2 Å². The SMILES string of the molecule is Cc1c[nH]c(=O)c2cc(C(=O)O)ccc12. The Bertz CT molecular complexity index is 598. The van der Waals surface area contributed by atoms with Crippen LogP contribution in [0.4, 0.5) is 0 Å². The van der Waals surface area contributed by atoms with Gasteiger partial charge >= 0.3 is 5.97 Å². The van der Waals surface area contributed by atoms with Gasteiger partial charge in [-0.25, -0.2) is 4.79 Å². The molecular formula is C11H9NO3. The molecule has 0 saturated carbocycles. The zero-order valence-electron chi connectivity index (χ0n) is 8.07. The van der Waals surface area contributed by atoms with Gasteiger partial charge in [0.2, 0.25) is 0 Å². The normalized spacial score (nSPS) is 10.5. The molecule has 0 bridgehead atoms. The fraction of sp³-hybridized carbons (Fsp3) is 0.0909. The van der Waals surface area contributed by atoms with Crippen molar-refractivity contribution >= 4 is 16.7 Å². The molecule has 0 saturated heterocycles. The van der Waals surface area contributed by atoms with Crippen molar-refractivity contribution in [2.24, 2.45) is 0 Å². The van der Waals surface area contributed by atoms with Crippen molar-refractivity contribution < 1.29 is 9.90 Å². The average Bonchev–Trinajstić information content (AvgIpc) is 2.23. The number of hydrogen-bond acceptors (Lipinski definition) is 2. The lowest BCUT2D eigenvalue weighted by atomic mass is 10.1. The molecule has 4 nitrogen and oxygen atoms in total. The lowest BCUT2D eigenvalue weighted by molar-refractivity contribution is 0.0697. The predicted octanol–water partition coefficient (Wildman–Crippen LogP) is 1.53. The largest absolute Gasteiger partial charge is 0.478 e. The van der Waals surface area contributed by atoms with Crippen molar-refractivity contribution in [3.8, 4) is 0 Å². The van der Waals surface area contributed by atoms with Crippen LogP contribution < -0.4 is 5.56 Å². The summed E-state index contributed by atoms with van der Waals surface area (Å²) in [6.45, 7) is 1.86. The first-order valence-electron chi connectivity index (χ1n) is 4.45. The van der Waals surface area contributed by atoms with E-state index >= 15 is 0 Å². The minimum absolute atomic E-state index is 0.124. The Hall–Kier alpha value is -2.10. The van der Waals surface area contributed by atoms with Crippen LogP contribution in [0.2, 0.25) is 0 Å². The molecule has 0 radical (unpaired) electrons. The minimum atomic E-state index is -1.03. The number of carboxylic acid groups (broad SMARTS) is 1. The first-order chi connectivity index (χ1) is 7.09. The minimum Gasteiger partial charge on any atom is -0.478 e. The summed E-state index contributed by atoms with van der Waals surface area (Å²) in [7, 11) is 0. The third kappa shape index (κ3) is 1.50. The summed E-state index contributed by atoms with van der Waals surface area (Å²) in [5.41, 5.74) is 0.777. The number of nitrogens with one attached hydrogen (secondary N) is 1. The number of aromatic carboxylic acids is 1. The Morgan fingerprint density at radius 2 is 2.07 bits per heavy atom. The molecule has 1 aromatic carbocycles. The molecule has 2 aromatic rings. The molecule has 1 heterocycles. The Morgan fingerprint density at radius 1 is 1.33 bits per heavy atom. The number of carbonyl (C=O) groups is 1. The summed E-state index contributed by atoms with van der Waals surface area (Å²) < 4.78 is 0. The molecule has 0 aliphatic rings. The van der Waals surface area contributed by atoms with Crippen LogP contribution in [-0.2, 0) is 0 Å². The molecule has 4 heteroatoms. The van der Waals surface area contributed by atoms with Crippen molar-refractivity contribution in [1.82, 2.24) is 4.98 Å². The molecule has 0 unspecified atom stereocenters. The molecule has 2 N–H and O–H groups in total. The molecule has 0 spiro atoms. The number of aromatic nitrogens is 1. The van der Waals surface area contributed by atoms with Crippen molar-refractivity contribution in [3.63, 3.8) is 0 Å². The van der Waals surface area contributed by atoms with Gasteiger partial charge in [-0.15, -0.1) is 0 Å². The number of hydrogen-bond donors (Lipinski definition) is 2. The van der Waals surface area contributed by atoms with Crippen LogP contribution in [0.3, 0.4) is 0 Å². The summed E-state index contributed by atoms with van der Waals surface area (Å²) in [5, 5.41) is 9.99. The van der Waals surface area contributed by atoms with Crippen LogP contribution in [-0.4, -0.2) is 16.1 Å². The van der Waals surface area contributed by atoms with E-state index in [4.69, 9.17) is 5.11 Å². The van der Waals surface area contributed by atoms with E-state index in [0.29, 0.717) is 5.39 Å². The smallest absolute Gasteiger partial charge is 0.335 e. The van der Waals surface area contributed by atoms with E-state index in [2.05, 4.69) is 4.98 Å². The summed E-state index contributed by atoms with van der Waals surface area (Å²) in [4.78, 5) is 24.7. The number of aromatic amines is 1. The molecule has 15 heavy (non-hydrogen) atoms. The molecule has 0 aliphatic heterocycles. The van der Waals surface area contributed by atoms with Gasteiger partial charge in [0.25, 0.3) is 5.56 Å². The standard InChI is InChI=1S/C11H9NO3/c1-6-5-12-10(13)9-4-7(11(14)15)2-3-8(6)9/h2-5H,1H3,(H,12,13)(H,14,15). The second-order valence-electron chi connectivity index (χ2n) is 3.37. The van der Waals surface area contributed by atoms with Gasteiger partial charge in [0.15, 0.2) is 0 Å². The van der Waals surface area contributed by atoms with E-state index in [1.165, 1.54) is 12.1 Å². The highest BCUT2D eigenvalue weighted by molar-refractivity contribution is 5.94. The first kappa shape index (κ1) is 9.45. The molecule has 0 atom stereocenters. The summed E-state index contributed by atoms with van der Waals surface area (Å²) >= 11 is 0. The molecule has 0 aliphatic carbocycles. The first-order valence-corrected chi connectivity index (χ1v) is 4.45. The quantitative estimate of drug-likeness (QED) is 0.738. The van der Waals surface area contributed by atoms with Gasteiger partial charge in [-0.05, 0) is 30.0 Å². The van der Waals surface area contributed by atoms with E-state index in [0.717, 1.165) is 10.9 Å². The van der Waals surface area contributed by atoms with Crippen molar-refractivity contribution in [1.29, 1.82) is 0 Å². The highest BCUT2D eigenvalue weighted by atomic mass is 16.4. The zero-order valence-corrected chi connectivity index (χ0v) is 8.07. The summed E-state index contributed by atoms with van der Waals surface area (Å²) in [6.07, 6.45) is 1.62. The third-order valence-electron chi connectivity index (χ3n) is 2.36. The number of aryl methyl sites for hydroxylation is 1. The molecular weight excluding hydrogens is 194 g/mol. The molecule has 0 amide bonds. The second-order valence-corrected chi connectivity index (χ2v) is 3.37. The zero-order chi connectivity index (χ0) is 11.0. The van der Waals surface area contributed by atoms with Gasteiger partial charge in [-0.2, -0.15) is 0 Å². The lowest BCUT2D eigenvalue weighted by Gasteiger charge is -2.01. The van der Waals surface area contributed by atoms with E-state index in [-0.39, 0.29) is 11.1 Å². The maximum atomic E-state index is 11.5. The topological polar surface area (TPSA) is 70.2 Å². The fourth-order valence-corrected chi connectivity index (χ4v) is 1.54. The lowest BCUT2D eigenvalue weighted by Crippen LogP contribution is -2.07.